The van der Waals surface area contributed by atoms with Crippen LogP contribution < -0.4 is 11.1 Å². The molecule has 0 radical (unpaired) electrons. The summed E-state index contributed by atoms with van der Waals surface area (Å²) in [4.78, 5) is 12.6. The highest BCUT2D eigenvalue weighted by molar-refractivity contribution is 7.80. The number of carbonyl (C=O) groups is 1. The topological polar surface area (TPSA) is 55.1 Å². The van der Waals surface area contributed by atoms with Gasteiger partial charge in [-0.15, -0.1) is 0 Å². The van der Waals surface area contributed by atoms with Crippen LogP contribution in [0.15, 0.2) is 0 Å². The molecule has 4 heteroatoms. The van der Waals surface area contributed by atoms with Gasteiger partial charge in [0, 0.05) is 6.04 Å². The summed E-state index contributed by atoms with van der Waals surface area (Å²) in [6.07, 6.45) is 5.89. The first-order valence-corrected chi connectivity index (χ1v) is 7.64. The molecular weight excluding hydrogens is 244 g/mol. The highest BCUT2D eigenvalue weighted by atomic mass is 32.1. The molecule has 0 aliphatic heterocycles. The Labute approximate surface area is 114 Å². The van der Waals surface area contributed by atoms with E-state index in [9.17, 15) is 4.79 Å². The van der Waals surface area contributed by atoms with E-state index in [2.05, 4.69) is 12.2 Å². The second-order valence-corrected chi connectivity index (χ2v) is 6.74. The van der Waals surface area contributed by atoms with Gasteiger partial charge in [-0.2, -0.15) is 0 Å². The number of nitrogens with two attached hydrogens (primary N) is 1. The Bertz CT molecular complexity index is 368. The molecule has 3 fully saturated rings. The van der Waals surface area contributed by atoms with Crippen molar-refractivity contribution in [3.8, 4) is 0 Å². The molecule has 3 aliphatic rings. The van der Waals surface area contributed by atoms with Crippen LogP contribution >= 0.6 is 12.2 Å². The quantitative estimate of drug-likeness (QED) is 0.747. The fraction of sp³-hybridized carbons (Fsp3) is 0.857. The molecule has 2 bridgehead atoms. The van der Waals surface area contributed by atoms with Gasteiger partial charge < -0.3 is 11.1 Å². The van der Waals surface area contributed by atoms with E-state index >= 15 is 0 Å². The van der Waals surface area contributed by atoms with E-state index in [-0.39, 0.29) is 11.8 Å². The monoisotopic (exact) mass is 266 g/mol. The smallest absolute Gasteiger partial charge is 0.230 e. The van der Waals surface area contributed by atoms with Crippen molar-refractivity contribution in [3.63, 3.8) is 0 Å². The Hall–Kier alpha value is -0.640. The molecule has 5 unspecified atom stereocenters. The molecule has 3 N–H and O–H groups in total. The molecule has 100 valence electrons. The van der Waals surface area contributed by atoms with Gasteiger partial charge in [0.2, 0.25) is 5.91 Å². The summed E-state index contributed by atoms with van der Waals surface area (Å²) in [5, 5.41) is 3.22. The predicted octanol–water partition coefficient (Wildman–Crippen LogP) is 1.85. The van der Waals surface area contributed by atoms with Crippen molar-refractivity contribution in [2.24, 2.45) is 35.3 Å². The van der Waals surface area contributed by atoms with Crippen LogP contribution in [0.1, 0.15) is 39.0 Å². The number of hydrogen-bond donors (Lipinski definition) is 2. The van der Waals surface area contributed by atoms with Crippen molar-refractivity contribution in [2.75, 3.05) is 0 Å². The summed E-state index contributed by atoms with van der Waals surface area (Å²) in [6, 6.07) is 0.442. The molecule has 5 atom stereocenters. The zero-order chi connectivity index (χ0) is 12.9. The Morgan fingerprint density at radius 2 is 2.00 bits per heavy atom. The van der Waals surface area contributed by atoms with Gasteiger partial charge in [-0.1, -0.05) is 25.6 Å². The Kier molecular flexibility index (Phi) is 3.08. The molecule has 0 saturated heterocycles. The van der Waals surface area contributed by atoms with E-state index in [4.69, 9.17) is 18.0 Å². The van der Waals surface area contributed by atoms with Gasteiger partial charge in [-0.05, 0) is 49.4 Å². The van der Waals surface area contributed by atoms with Crippen LogP contribution in [0.25, 0.3) is 0 Å². The number of amides is 1. The van der Waals surface area contributed by atoms with Gasteiger partial charge in [-0.3, -0.25) is 4.79 Å². The van der Waals surface area contributed by atoms with Crippen molar-refractivity contribution in [1.82, 2.24) is 5.32 Å². The van der Waals surface area contributed by atoms with Crippen LogP contribution in [0.4, 0.5) is 0 Å². The standard InChI is InChI=1S/C14H22N2OS/c1-2-3-9(13(15)18)14(17)16-12-10-7-4-5-8(6-7)11(10)12/h7-12H,2-6H2,1H3,(H2,15,18)(H,16,17). The van der Waals surface area contributed by atoms with Gasteiger partial charge in [0.25, 0.3) is 0 Å². The van der Waals surface area contributed by atoms with Crippen molar-refractivity contribution < 1.29 is 4.79 Å². The highest BCUT2D eigenvalue weighted by Gasteiger charge is 2.65. The van der Waals surface area contributed by atoms with E-state index in [1.165, 1.54) is 19.3 Å². The molecule has 1 amide bonds. The van der Waals surface area contributed by atoms with Crippen LogP contribution in [-0.2, 0) is 4.79 Å². The highest BCUT2D eigenvalue weighted by Crippen LogP contribution is 2.65. The average Bonchev–Trinajstić information content (AvgIpc) is 2.74. The summed E-state index contributed by atoms with van der Waals surface area (Å²) in [5.41, 5.74) is 5.67. The molecule has 3 aliphatic carbocycles. The molecule has 0 heterocycles. The number of thiocarbonyl (C=S) groups is 1. The molecule has 3 rings (SSSR count). The zero-order valence-corrected chi connectivity index (χ0v) is 11.7. The number of fused-ring (bicyclic) bond motifs is 5. The summed E-state index contributed by atoms with van der Waals surface area (Å²) in [6.45, 7) is 2.06. The largest absolute Gasteiger partial charge is 0.393 e. The van der Waals surface area contributed by atoms with Crippen LogP contribution in [0.5, 0.6) is 0 Å². The minimum atomic E-state index is -0.260. The van der Waals surface area contributed by atoms with E-state index in [0.717, 1.165) is 36.5 Å². The van der Waals surface area contributed by atoms with Crippen LogP contribution in [0.3, 0.4) is 0 Å². The molecule has 0 aromatic carbocycles. The van der Waals surface area contributed by atoms with E-state index in [1.807, 2.05) is 0 Å². The number of hydrogen-bond acceptors (Lipinski definition) is 2. The maximum absolute atomic E-state index is 12.2. The van der Waals surface area contributed by atoms with Gasteiger partial charge >= 0.3 is 0 Å². The maximum atomic E-state index is 12.2. The van der Waals surface area contributed by atoms with Gasteiger partial charge in [0.15, 0.2) is 0 Å². The second kappa shape index (κ2) is 4.48. The van der Waals surface area contributed by atoms with E-state index in [1.54, 1.807) is 0 Å². The van der Waals surface area contributed by atoms with Crippen LogP contribution in [0.2, 0.25) is 0 Å². The first kappa shape index (κ1) is 12.4. The molecular formula is C14H22N2OS. The van der Waals surface area contributed by atoms with Gasteiger partial charge in [0.05, 0.1) is 10.9 Å². The van der Waals surface area contributed by atoms with Gasteiger partial charge in [-0.25, -0.2) is 0 Å². The molecule has 0 spiro atoms. The molecule has 0 aromatic heterocycles. The Morgan fingerprint density at radius 3 is 2.50 bits per heavy atom. The molecule has 3 nitrogen and oxygen atoms in total. The lowest BCUT2D eigenvalue weighted by molar-refractivity contribution is -0.123. The third kappa shape index (κ3) is 1.85. The summed E-state index contributed by atoms with van der Waals surface area (Å²) in [7, 11) is 0. The van der Waals surface area contributed by atoms with Crippen molar-refractivity contribution in [3.05, 3.63) is 0 Å². The Balaban J connectivity index is 1.58. The molecule has 0 aromatic rings. The first-order chi connectivity index (χ1) is 8.63. The lowest BCUT2D eigenvalue weighted by Crippen LogP contribution is -2.40. The van der Waals surface area contributed by atoms with Crippen molar-refractivity contribution in [1.29, 1.82) is 0 Å². The minimum absolute atomic E-state index is 0.0724. The number of rotatable bonds is 5. The van der Waals surface area contributed by atoms with E-state index < -0.39 is 0 Å². The summed E-state index contributed by atoms with van der Waals surface area (Å²) >= 11 is 5.01. The first-order valence-electron chi connectivity index (χ1n) is 7.23. The lowest BCUT2D eigenvalue weighted by Gasteiger charge is -2.16. The molecule has 18 heavy (non-hydrogen) atoms. The van der Waals surface area contributed by atoms with Crippen molar-refractivity contribution in [2.45, 2.75) is 45.1 Å². The van der Waals surface area contributed by atoms with E-state index in [0.29, 0.717) is 11.0 Å². The van der Waals surface area contributed by atoms with Gasteiger partial charge in [0.1, 0.15) is 0 Å². The summed E-state index contributed by atoms with van der Waals surface area (Å²) < 4.78 is 0. The van der Waals surface area contributed by atoms with Crippen LogP contribution in [-0.4, -0.2) is 16.9 Å². The second-order valence-electron chi connectivity index (χ2n) is 6.27. The Morgan fingerprint density at radius 1 is 1.39 bits per heavy atom. The zero-order valence-electron chi connectivity index (χ0n) is 10.9. The number of carbonyl (C=O) groups excluding carboxylic acids is 1. The third-order valence-electron chi connectivity index (χ3n) is 5.28. The number of nitrogens with one attached hydrogen (secondary N) is 1. The maximum Gasteiger partial charge on any atom is 0.230 e. The fourth-order valence-electron chi connectivity index (χ4n) is 4.47. The normalized spacial score (nSPS) is 41.3. The summed E-state index contributed by atoms with van der Waals surface area (Å²) in [5.74, 6) is 3.15. The van der Waals surface area contributed by atoms with Crippen LogP contribution in [0, 0.1) is 29.6 Å². The third-order valence-corrected chi connectivity index (χ3v) is 5.57. The predicted molar refractivity (Wildman–Crippen MR) is 74.9 cm³/mol. The van der Waals surface area contributed by atoms with Crippen molar-refractivity contribution >= 4 is 23.1 Å². The average molecular weight is 266 g/mol. The SMILES string of the molecule is CCCC(C(=O)NC1C2C3CCC(C3)C12)C(N)=S. The molecule has 3 saturated carbocycles. The minimum Gasteiger partial charge on any atom is -0.393 e. The fourth-order valence-corrected chi connectivity index (χ4v) is 4.70. The lowest BCUT2D eigenvalue weighted by atomic mass is 10.0.